The average Bonchev–Trinajstić information content (AvgIpc) is 1.90. The Balaban J connectivity index is 2.83. The minimum Gasteiger partial charge on any atom is -0.159 e. The Morgan fingerprint density at radius 3 is 2.75 bits per heavy atom. The predicted molar refractivity (Wildman–Crippen MR) is 31.1 cm³/mol. The molecule has 0 fully saturated rings. The molecule has 0 aliphatic rings. The number of rotatable bonds is 1. The van der Waals surface area contributed by atoms with E-state index in [1.54, 1.807) is 12.4 Å². The molecule has 0 spiro atoms. The van der Waals surface area contributed by atoms with Crippen LogP contribution in [-0.4, -0.2) is 10.2 Å². The maximum absolute atomic E-state index is 3.67. The van der Waals surface area contributed by atoms with Gasteiger partial charge in [0.1, 0.15) is 0 Å². The van der Waals surface area contributed by atoms with E-state index in [2.05, 4.69) is 10.2 Å². The normalized spacial score (nSPS) is 9.12. The molecule has 1 radical (unpaired) electrons. The first-order chi connectivity index (χ1) is 3.93. The fraction of sp³-hybridized carbons (Fsp3) is 0.167. The SMILES string of the molecule is C[CH]c1ccnnc1. The van der Waals surface area contributed by atoms with Crippen LogP contribution in [0.5, 0.6) is 0 Å². The highest BCUT2D eigenvalue weighted by molar-refractivity contribution is 5.13. The molecule has 0 saturated heterocycles. The molecule has 1 aromatic heterocycles. The van der Waals surface area contributed by atoms with Crippen molar-refractivity contribution in [2.75, 3.05) is 0 Å². The lowest BCUT2D eigenvalue weighted by Crippen LogP contribution is -1.80. The summed E-state index contributed by atoms with van der Waals surface area (Å²) in [7, 11) is 0. The Kier molecular flexibility index (Phi) is 1.57. The van der Waals surface area contributed by atoms with Crippen molar-refractivity contribution in [1.29, 1.82) is 0 Å². The smallest absolute Gasteiger partial charge is 0.0531 e. The summed E-state index contributed by atoms with van der Waals surface area (Å²) < 4.78 is 0. The Morgan fingerprint density at radius 2 is 2.38 bits per heavy atom. The fourth-order valence-corrected chi connectivity index (χ4v) is 0.472. The Labute approximate surface area is 48.6 Å². The van der Waals surface area contributed by atoms with Crippen LogP contribution in [0.3, 0.4) is 0 Å². The van der Waals surface area contributed by atoms with Crippen LogP contribution in [-0.2, 0) is 0 Å². The summed E-state index contributed by atoms with van der Waals surface area (Å²) in [5, 5.41) is 7.30. The summed E-state index contributed by atoms with van der Waals surface area (Å²) in [4.78, 5) is 0. The largest absolute Gasteiger partial charge is 0.159 e. The van der Waals surface area contributed by atoms with Gasteiger partial charge in [0.25, 0.3) is 0 Å². The minimum atomic E-state index is 1.11. The van der Waals surface area contributed by atoms with Crippen LogP contribution in [0.1, 0.15) is 12.5 Å². The van der Waals surface area contributed by atoms with Gasteiger partial charge >= 0.3 is 0 Å². The molecule has 41 valence electrons. The van der Waals surface area contributed by atoms with E-state index in [1.165, 1.54) is 0 Å². The second kappa shape index (κ2) is 2.40. The summed E-state index contributed by atoms with van der Waals surface area (Å²) in [5.41, 5.74) is 1.11. The maximum atomic E-state index is 3.67. The van der Waals surface area contributed by atoms with E-state index in [1.807, 2.05) is 19.4 Å². The first-order valence-corrected chi connectivity index (χ1v) is 2.49. The highest BCUT2D eigenvalue weighted by atomic mass is 15.1. The van der Waals surface area contributed by atoms with Crippen LogP contribution in [0, 0.1) is 6.42 Å². The maximum Gasteiger partial charge on any atom is 0.0531 e. The van der Waals surface area contributed by atoms with Crippen molar-refractivity contribution in [3.63, 3.8) is 0 Å². The molecular formula is C6H7N2. The van der Waals surface area contributed by atoms with E-state index >= 15 is 0 Å². The van der Waals surface area contributed by atoms with Crippen LogP contribution in [0.15, 0.2) is 18.5 Å². The van der Waals surface area contributed by atoms with Gasteiger partial charge in [-0.15, -0.1) is 0 Å². The summed E-state index contributed by atoms with van der Waals surface area (Å²) in [6.07, 6.45) is 5.38. The molecule has 0 N–H and O–H groups in total. The first kappa shape index (κ1) is 5.22. The van der Waals surface area contributed by atoms with E-state index in [4.69, 9.17) is 0 Å². The zero-order valence-corrected chi connectivity index (χ0v) is 4.70. The van der Waals surface area contributed by atoms with Gasteiger partial charge in [-0.1, -0.05) is 6.92 Å². The van der Waals surface area contributed by atoms with Gasteiger partial charge in [-0.2, -0.15) is 10.2 Å². The van der Waals surface area contributed by atoms with E-state index in [0.29, 0.717) is 0 Å². The molecule has 0 atom stereocenters. The highest BCUT2D eigenvalue weighted by Gasteiger charge is 1.82. The van der Waals surface area contributed by atoms with E-state index < -0.39 is 0 Å². The number of aromatic nitrogens is 2. The molecule has 0 aliphatic carbocycles. The highest BCUT2D eigenvalue weighted by Crippen LogP contribution is 1.94. The minimum absolute atomic E-state index is 1.11. The third-order valence-electron chi connectivity index (χ3n) is 0.940. The molecule has 0 saturated carbocycles. The molecule has 1 heterocycles. The summed E-state index contributed by atoms with van der Waals surface area (Å²) in [6, 6.07) is 1.91. The average molecular weight is 107 g/mol. The fourth-order valence-electron chi connectivity index (χ4n) is 0.472. The lowest BCUT2D eigenvalue weighted by molar-refractivity contribution is 1.02. The van der Waals surface area contributed by atoms with Gasteiger partial charge in [-0.3, -0.25) is 0 Å². The van der Waals surface area contributed by atoms with Gasteiger partial charge in [0, 0.05) is 6.20 Å². The van der Waals surface area contributed by atoms with Crippen molar-refractivity contribution in [1.82, 2.24) is 10.2 Å². The predicted octanol–water partition coefficient (Wildman–Crippen LogP) is 1.05. The molecule has 1 rings (SSSR count). The molecule has 2 heteroatoms. The van der Waals surface area contributed by atoms with Crippen molar-refractivity contribution < 1.29 is 0 Å². The topological polar surface area (TPSA) is 25.8 Å². The van der Waals surface area contributed by atoms with Gasteiger partial charge in [0.05, 0.1) is 6.20 Å². The van der Waals surface area contributed by atoms with Gasteiger partial charge in [0.15, 0.2) is 0 Å². The quantitative estimate of drug-likeness (QED) is 0.536. The second-order valence-electron chi connectivity index (χ2n) is 1.46. The zero-order valence-electron chi connectivity index (χ0n) is 4.70. The lowest BCUT2D eigenvalue weighted by atomic mass is 10.2. The first-order valence-electron chi connectivity index (χ1n) is 2.49. The molecule has 0 amide bonds. The second-order valence-corrected chi connectivity index (χ2v) is 1.46. The molecule has 0 aromatic carbocycles. The molecule has 8 heavy (non-hydrogen) atoms. The van der Waals surface area contributed by atoms with Gasteiger partial charge in [-0.25, -0.2) is 0 Å². The lowest BCUT2D eigenvalue weighted by Gasteiger charge is -1.87. The Morgan fingerprint density at radius 1 is 1.50 bits per heavy atom. The molecule has 0 bridgehead atoms. The van der Waals surface area contributed by atoms with Crippen molar-refractivity contribution in [2.45, 2.75) is 6.92 Å². The van der Waals surface area contributed by atoms with Crippen LogP contribution in [0.2, 0.25) is 0 Å². The van der Waals surface area contributed by atoms with Crippen LogP contribution in [0.4, 0.5) is 0 Å². The molecule has 1 aromatic rings. The summed E-state index contributed by atoms with van der Waals surface area (Å²) in [6.45, 7) is 1.97. The van der Waals surface area contributed by atoms with E-state index in [9.17, 15) is 0 Å². The van der Waals surface area contributed by atoms with Crippen molar-refractivity contribution in [3.8, 4) is 0 Å². The van der Waals surface area contributed by atoms with Crippen LogP contribution >= 0.6 is 0 Å². The number of nitrogens with zero attached hydrogens (tertiary/aromatic N) is 2. The summed E-state index contributed by atoms with van der Waals surface area (Å²) in [5.74, 6) is 0. The molecule has 2 nitrogen and oxygen atoms in total. The summed E-state index contributed by atoms with van der Waals surface area (Å²) >= 11 is 0. The number of hydrogen-bond donors (Lipinski definition) is 0. The molecule has 0 aliphatic heterocycles. The van der Waals surface area contributed by atoms with E-state index in [0.717, 1.165) is 5.56 Å². The van der Waals surface area contributed by atoms with E-state index in [-0.39, 0.29) is 0 Å². The van der Waals surface area contributed by atoms with Crippen molar-refractivity contribution in [2.24, 2.45) is 0 Å². The molecule has 0 unspecified atom stereocenters. The monoisotopic (exact) mass is 107 g/mol. The van der Waals surface area contributed by atoms with Gasteiger partial charge < -0.3 is 0 Å². The third kappa shape index (κ3) is 1.03. The Hall–Kier alpha value is -0.920. The van der Waals surface area contributed by atoms with Crippen LogP contribution < -0.4 is 0 Å². The van der Waals surface area contributed by atoms with Gasteiger partial charge in [0.2, 0.25) is 0 Å². The number of hydrogen-bond acceptors (Lipinski definition) is 2. The zero-order chi connectivity index (χ0) is 5.82. The van der Waals surface area contributed by atoms with Gasteiger partial charge in [-0.05, 0) is 18.1 Å². The van der Waals surface area contributed by atoms with Crippen LogP contribution in [0.25, 0.3) is 0 Å². The van der Waals surface area contributed by atoms with Crippen molar-refractivity contribution >= 4 is 0 Å². The van der Waals surface area contributed by atoms with Crippen molar-refractivity contribution in [3.05, 3.63) is 30.4 Å². The standard InChI is InChI=1S/C6H7N2/c1-2-6-3-4-7-8-5-6/h2-5H,1H3. The Bertz CT molecular complexity index is 148. The molecular weight excluding hydrogens is 100 g/mol. The third-order valence-corrected chi connectivity index (χ3v) is 0.940.